The first-order chi connectivity index (χ1) is 14.7. The van der Waals surface area contributed by atoms with Crippen LogP contribution in [0.1, 0.15) is 40.8 Å². The maximum atomic E-state index is 12.3. The fourth-order valence-corrected chi connectivity index (χ4v) is 4.01. The van der Waals surface area contributed by atoms with Crippen molar-refractivity contribution in [1.29, 1.82) is 5.26 Å². The predicted molar refractivity (Wildman–Crippen MR) is 116 cm³/mol. The van der Waals surface area contributed by atoms with E-state index in [1.54, 1.807) is 4.68 Å². The normalized spacial score (nSPS) is 12.4. The number of nitriles is 1. The smallest absolute Gasteiger partial charge is 0.224 e. The van der Waals surface area contributed by atoms with Gasteiger partial charge in [0.2, 0.25) is 5.91 Å². The van der Waals surface area contributed by atoms with E-state index in [1.807, 2.05) is 30.3 Å². The van der Waals surface area contributed by atoms with Crippen molar-refractivity contribution in [2.24, 2.45) is 0 Å². The summed E-state index contributed by atoms with van der Waals surface area (Å²) in [7, 11) is 0. The zero-order valence-electron chi connectivity index (χ0n) is 16.9. The summed E-state index contributed by atoms with van der Waals surface area (Å²) in [6, 6.07) is 18.1. The van der Waals surface area contributed by atoms with Gasteiger partial charge in [0.1, 0.15) is 17.5 Å². The van der Waals surface area contributed by atoms with Gasteiger partial charge in [-0.15, -0.1) is 0 Å². The molecule has 0 unspecified atom stereocenters. The molecule has 0 saturated carbocycles. The highest BCUT2D eigenvalue weighted by molar-refractivity contribution is 5.78. The molecule has 3 aromatic rings. The number of hydrogen-bond acceptors (Lipinski definition) is 4. The molecule has 0 saturated heterocycles. The summed E-state index contributed by atoms with van der Waals surface area (Å²) in [6.07, 6.45) is 5.14. The van der Waals surface area contributed by atoms with E-state index in [1.165, 1.54) is 17.5 Å². The molecular weight excluding hydrogens is 374 g/mol. The number of hydrogen-bond donors (Lipinski definition) is 2. The van der Waals surface area contributed by atoms with E-state index in [0.717, 1.165) is 24.1 Å². The Morgan fingerprint density at radius 3 is 2.77 bits per heavy atom. The Kier molecular flexibility index (Phi) is 5.80. The van der Waals surface area contributed by atoms with Gasteiger partial charge in [-0.25, -0.2) is 4.68 Å². The number of carbonyl (C=O) groups is 1. The van der Waals surface area contributed by atoms with E-state index in [-0.39, 0.29) is 5.91 Å². The van der Waals surface area contributed by atoms with E-state index in [4.69, 9.17) is 5.73 Å². The number of carbonyl (C=O) groups excluding carboxylic acids is 1. The number of nitrogens with one attached hydrogen (secondary N) is 1. The number of nitrogens with zero attached hydrogens (tertiary/aromatic N) is 3. The number of nitrogen functional groups attached to an aromatic ring is 1. The van der Waals surface area contributed by atoms with Crippen LogP contribution >= 0.6 is 0 Å². The molecule has 1 amide bonds. The van der Waals surface area contributed by atoms with Gasteiger partial charge in [0.05, 0.1) is 17.8 Å². The largest absolute Gasteiger partial charge is 0.382 e. The molecule has 1 heterocycles. The lowest BCUT2D eigenvalue weighted by Gasteiger charge is -2.07. The number of aryl methyl sites for hydroxylation is 3. The molecule has 152 valence electrons. The Labute approximate surface area is 176 Å². The lowest BCUT2D eigenvalue weighted by Crippen LogP contribution is -2.26. The van der Waals surface area contributed by atoms with Crippen LogP contribution in [0.15, 0.2) is 48.5 Å². The third-order valence-corrected chi connectivity index (χ3v) is 5.55. The highest BCUT2D eigenvalue weighted by Crippen LogP contribution is 2.23. The van der Waals surface area contributed by atoms with Crippen LogP contribution in [-0.4, -0.2) is 22.2 Å². The Balaban J connectivity index is 1.31. The van der Waals surface area contributed by atoms with E-state index in [2.05, 4.69) is 34.7 Å². The number of rotatable bonds is 7. The van der Waals surface area contributed by atoms with Crippen LogP contribution < -0.4 is 11.1 Å². The number of nitrogens with two attached hydrogens (primary N) is 1. The Bertz CT molecular complexity index is 1090. The highest BCUT2D eigenvalue weighted by atomic mass is 16.1. The van der Waals surface area contributed by atoms with Crippen LogP contribution in [0.5, 0.6) is 0 Å². The van der Waals surface area contributed by atoms with Gasteiger partial charge in [0.15, 0.2) is 0 Å². The van der Waals surface area contributed by atoms with Gasteiger partial charge in [-0.1, -0.05) is 36.4 Å². The molecule has 2 aromatic carbocycles. The monoisotopic (exact) mass is 399 g/mol. The average molecular weight is 399 g/mol. The van der Waals surface area contributed by atoms with Crippen molar-refractivity contribution in [2.75, 3.05) is 12.3 Å². The maximum Gasteiger partial charge on any atom is 0.224 e. The Hall–Kier alpha value is -3.59. The number of aromatic nitrogens is 2. The second-order valence-electron chi connectivity index (χ2n) is 7.65. The van der Waals surface area contributed by atoms with Crippen molar-refractivity contribution in [3.63, 3.8) is 0 Å². The predicted octanol–water partition coefficient (Wildman–Crippen LogP) is 3.11. The van der Waals surface area contributed by atoms with Crippen LogP contribution in [0.3, 0.4) is 0 Å². The second kappa shape index (κ2) is 8.83. The molecule has 3 N–H and O–H groups in total. The van der Waals surface area contributed by atoms with Crippen LogP contribution in [0, 0.1) is 11.3 Å². The van der Waals surface area contributed by atoms with Crippen molar-refractivity contribution in [3.05, 3.63) is 76.5 Å². The molecule has 30 heavy (non-hydrogen) atoms. The second-order valence-corrected chi connectivity index (χ2v) is 7.65. The summed E-state index contributed by atoms with van der Waals surface area (Å²) in [4.78, 5) is 12.3. The van der Waals surface area contributed by atoms with Gasteiger partial charge in [-0.3, -0.25) is 4.79 Å². The minimum absolute atomic E-state index is 0.0165. The number of para-hydroxylation sites is 1. The molecule has 0 aliphatic heterocycles. The van der Waals surface area contributed by atoms with E-state index in [0.29, 0.717) is 42.9 Å². The van der Waals surface area contributed by atoms with Crippen molar-refractivity contribution in [1.82, 2.24) is 15.1 Å². The minimum atomic E-state index is 0.0165. The Morgan fingerprint density at radius 1 is 1.17 bits per heavy atom. The number of amides is 1. The molecule has 1 aliphatic rings. The van der Waals surface area contributed by atoms with Gasteiger partial charge >= 0.3 is 0 Å². The maximum absolute atomic E-state index is 12.3. The van der Waals surface area contributed by atoms with Crippen LogP contribution in [0.25, 0.3) is 5.69 Å². The molecular formula is C24H25N5O. The summed E-state index contributed by atoms with van der Waals surface area (Å²) in [5.74, 6) is 0.363. The first-order valence-corrected chi connectivity index (χ1v) is 10.4. The first kappa shape index (κ1) is 19.7. The van der Waals surface area contributed by atoms with Gasteiger partial charge in [-0.05, 0) is 60.9 Å². The van der Waals surface area contributed by atoms with Gasteiger partial charge in [-0.2, -0.15) is 10.4 Å². The summed E-state index contributed by atoms with van der Waals surface area (Å²) in [6.45, 7) is 0.534. The highest BCUT2D eigenvalue weighted by Gasteiger charge is 2.16. The third kappa shape index (κ3) is 4.20. The molecule has 1 aliphatic carbocycles. The summed E-state index contributed by atoms with van der Waals surface area (Å²) in [5.41, 5.74) is 11.9. The van der Waals surface area contributed by atoms with E-state index < -0.39 is 0 Å². The molecule has 0 spiro atoms. The molecule has 1 aromatic heterocycles. The zero-order valence-corrected chi connectivity index (χ0v) is 16.9. The molecule has 6 heteroatoms. The van der Waals surface area contributed by atoms with Gasteiger partial charge in [0.25, 0.3) is 0 Å². The lowest BCUT2D eigenvalue weighted by atomic mass is 10.0. The van der Waals surface area contributed by atoms with Gasteiger partial charge < -0.3 is 11.1 Å². The summed E-state index contributed by atoms with van der Waals surface area (Å²) < 4.78 is 1.60. The van der Waals surface area contributed by atoms with E-state index >= 15 is 0 Å². The van der Waals surface area contributed by atoms with Crippen molar-refractivity contribution in [3.8, 4) is 11.8 Å². The standard InChI is InChI=1S/C24H25N5O/c25-16-21-22(28-29(24(21)26)20-8-2-1-3-9-20)10-5-13-27-23(30)15-17-11-12-18-6-4-7-19(18)14-17/h1-3,8-9,11-12,14H,4-7,10,13,15,26H2,(H,27,30). The number of benzene rings is 2. The Morgan fingerprint density at radius 2 is 1.97 bits per heavy atom. The molecule has 4 rings (SSSR count). The topological polar surface area (TPSA) is 96.7 Å². The van der Waals surface area contributed by atoms with Crippen molar-refractivity contribution >= 4 is 11.7 Å². The molecule has 0 atom stereocenters. The van der Waals surface area contributed by atoms with Crippen molar-refractivity contribution < 1.29 is 4.79 Å². The molecule has 0 fully saturated rings. The summed E-state index contributed by atoms with van der Waals surface area (Å²) in [5, 5.41) is 17.0. The average Bonchev–Trinajstić information content (AvgIpc) is 3.35. The first-order valence-electron chi connectivity index (χ1n) is 10.4. The lowest BCUT2D eigenvalue weighted by molar-refractivity contribution is -0.120. The van der Waals surface area contributed by atoms with Crippen LogP contribution in [0.2, 0.25) is 0 Å². The minimum Gasteiger partial charge on any atom is -0.382 e. The molecule has 0 radical (unpaired) electrons. The molecule has 0 bridgehead atoms. The molecule has 6 nitrogen and oxygen atoms in total. The zero-order chi connectivity index (χ0) is 20.9. The fourth-order valence-electron chi connectivity index (χ4n) is 4.01. The van der Waals surface area contributed by atoms with Crippen LogP contribution in [0.4, 0.5) is 5.82 Å². The quantitative estimate of drug-likeness (QED) is 0.597. The fraction of sp³-hybridized carbons (Fsp3) is 0.292. The third-order valence-electron chi connectivity index (χ3n) is 5.55. The number of anilines is 1. The van der Waals surface area contributed by atoms with Gasteiger partial charge in [0, 0.05) is 6.54 Å². The van der Waals surface area contributed by atoms with E-state index in [9.17, 15) is 10.1 Å². The van der Waals surface area contributed by atoms with Crippen LogP contribution in [-0.2, 0) is 30.5 Å². The SMILES string of the molecule is N#Cc1c(CCCNC(=O)Cc2ccc3c(c2)CCC3)nn(-c2ccccc2)c1N. The number of fused-ring (bicyclic) bond motifs is 1. The summed E-state index contributed by atoms with van der Waals surface area (Å²) >= 11 is 0. The van der Waals surface area contributed by atoms with Crippen molar-refractivity contribution in [2.45, 2.75) is 38.5 Å².